The van der Waals surface area contributed by atoms with Gasteiger partial charge in [-0.1, -0.05) is 47.5 Å². The SMILES string of the molecule is Cc1ccc(N(c2ccccc2NS(=O)(=O)c2ccc(C)cc2)S(=O)O)cc1. The van der Waals surface area contributed by atoms with Crippen LogP contribution in [0.25, 0.3) is 0 Å². The topological polar surface area (TPSA) is 86.7 Å². The summed E-state index contributed by atoms with van der Waals surface area (Å²) in [5.41, 5.74) is 2.88. The third-order valence-corrected chi connectivity index (χ3v) is 6.22. The van der Waals surface area contributed by atoms with E-state index >= 15 is 0 Å². The van der Waals surface area contributed by atoms with Crippen LogP contribution in [0.1, 0.15) is 11.1 Å². The van der Waals surface area contributed by atoms with Gasteiger partial charge in [0.1, 0.15) is 0 Å². The number of hydrogen-bond acceptors (Lipinski definition) is 3. The Hall–Kier alpha value is -2.68. The van der Waals surface area contributed by atoms with E-state index in [1.807, 2.05) is 26.0 Å². The first-order valence-corrected chi connectivity index (χ1v) is 11.0. The molecule has 146 valence electrons. The zero-order valence-electron chi connectivity index (χ0n) is 15.4. The molecule has 0 amide bonds. The molecule has 0 aliphatic heterocycles. The Morgan fingerprint density at radius 3 is 1.96 bits per heavy atom. The van der Waals surface area contributed by atoms with Gasteiger partial charge in [-0.15, -0.1) is 0 Å². The second kappa shape index (κ2) is 8.14. The van der Waals surface area contributed by atoms with Crippen LogP contribution in [0.2, 0.25) is 0 Å². The van der Waals surface area contributed by atoms with E-state index in [0.717, 1.165) is 15.4 Å². The van der Waals surface area contributed by atoms with Crippen LogP contribution in [-0.4, -0.2) is 17.2 Å². The lowest BCUT2D eigenvalue weighted by atomic mass is 10.2. The van der Waals surface area contributed by atoms with Gasteiger partial charge in [0.05, 0.1) is 22.0 Å². The van der Waals surface area contributed by atoms with Crippen LogP contribution in [0.4, 0.5) is 17.1 Å². The Bertz CT molecular complexity index is 1100. The minimum absolute atomic E-state index is 0.111. The highest BCUT2D eigenvalue weighted by molar-refractivity contribution is 7.92. The first-order chi connectivity index (χ1) is 13.3. The Morgan fingerprint density at radius 2 is 1.39 bits per heavy atom. The van der Waals surface area contributed by atoms with Gasteiger partial charge in [0.25, 0.3) is 21.3 Å². The van der Waals surface area contributed by atoms with Crippen molar-refractivity contribution in [3.8, 4) is 0 Å². The summed E-state index contributed by atoms with van der Waals surface area (Å²) in [4.78, 5) is 0.111. The summed E-state index contributed by atoms with van der Waals surface area (Å²) >= 11 is -2.40. The first kappa shape index (κ1) is 20.1. The number of anilines is 3. The lowest BCUT2D eigenvalue weighted by Crippen LogP contribution is -2.22. The average Bonchev–Trinajstić information content (AvgIpc) is 2.65. The van der Waals surface area contributed by atoms with Gasteiger partial charge in [0, 0.05) is 0 Å². The van der Waals surface area contributed by atoms with Crippen LogP contribution < -0.4 is 9.03 Å². The Labute approximate surface area is 167 Å². The quantitative estimate of drug-likeness (QED) is 0.584. The van der Waals surface area contributed by atoms with E-state index in [1.54, 1.807) is 48.5 Å². The lowest BCUT2D eigenvalue weighted by molar-refractivity contribution is 0.564. The maximum Gasteiger partial charge on any atom is 0.266 e. The molecule has 0 fully saturated rings. The maximum atomic E-state index is 12.8. The monoisotopic (exact) mass is 416 g/mol. The van der Waals surface area contributed by atoms with Crippen molar-refractivity contribution in [1.29, 1.82) is 0 Å². The summed E-state index contributed by atoms with van der Waals surface area (Å²) in [6.45, 7) is 3.78. The molecule has 1 unspecified atom stereocenters. The normalized spacial score (nSPS) is 12.4. The van der Waals surface area contributed by atoms with E-state index in [2.05, 4.69) is 4.72 Å². The second-order valence-corrected chi connectivity index (χ2v) is 8.81. The van der Waals surface area contributed by atoms with Crippen LogP contribution >= 0.6 is 0 Å². The number of para-hydroxylation sites is 2. The molecule has 0 aromatic heterocycles. The fraction of sp³-hybridized carbons (Fsp3) is 0.100. The molecule has 0 aliphatic carbocycles. The minimum atomic E-state index is -3.86. The molecule has 2 N–H and O–H groups in total. The van der Waals surface area contributed by atoms with Crippen molar-refractivity contribution in [1.82, 2.24) is 0 Å². The van der Waals surface area contributed by atoms with Gasteiger partial charge in [-0.2, -0.15) is 0 Å². The zero-order chi connectivity index (χ0) is 20.3. The van der Waals surface area contributed by atoms with Crippen molar-refractivity contribution in [3.05, 3.63) is 83.9 Å². The molecule has 0 radical (unpaired) electrons. The molecule has 1 atom stereocenters. The van der Waals surface area contributed by atoms with E-state index in [1.165, 1.54) is 12.1 Å². The van der Waals surface area contributed by atoms with Gasteiger partial charge in [-0.25, -0.2) is 16.9 Å². The van der Waals surface area contributed by atoms with Crippen molar-refractivity contribution in [3.63, 3.8) is 0 Å². The molecule has 6 nitrogen and oxygen atoms in total. The molecular formula is C20H20N2O4S2. The van der Waals surface area contributed by atoms with Gasteiger partial charge >= 0.3 is 0 Å². The number of aryl methyl sites for hydroxylation is 2. The second-order valence-electron chi connectivity index (χ2n) is 6.30. The van der Waals surface area contributed by atoms with Crippen molar-refractivity contribution in [2.75, 3.05) is 9.03 Å². The third-order valence-electron chi connectivity index (χ3n) is 4.12. The number of benzene rings is 3. The van der Waals surface area contributed by atoms with Crippen LogP contribution in [0.15, 0.2) is 77.7 Å². The summed E-state index contributed by atoms with van der Waals surface area (Å²) in [6.07, 6.45) is 0. The van der Waals surface area contributed by atoms with E-state index in [0.29, 0.717) is 5.69 Å². The molecule has 8 heteroatoms. The smallest absolute Gasteiger partial charge is 0.266 e. The number of hydrogen-bond donors (Lipinski definition) is 2. The number of nitrogens with zero attached hydrogens (tertiary/aromatic N) is 1. The highest BCUT2D eigenvalue weighted by atomic mass is 32.2. The van der Waals surface area contributed by atoms with Gasteiger partial charge in [-0.05, 0) is 50.2 Å². The van der Waals surface area contributed by atoms with E-state index < -0.39 is 21.3 Å². The van der Waals surface area contributed by atoms with Gasteiger partial charge < -0.3 is 0 Å². The summed E-state index contributed by atoms with van der Waals surface area (Å²) < 4.78 is 51.2. The molecule has 0 heterocycles. The van der Waals surface area contributed by atoms with Crippen LogP contribution in [-0.2, 0) is 21.3 Å². The van der Waals surface area contributed by atoms with Crippen LogP contribution in [0.3, 0.4) is 0 Å². The fourth-order valence-corrected chi connectivity index (χ4v) is 4.36. The molecule has 0 saturated carbocycles. The molecule has 0 aliphatic rings. The van der Waals surface area contributed by atoms with Gasteiger partial charge in [0.2, 0.25) is 0 Å². The maximum absolute atomic E-state index is 12.8. The molecule has 28 heavy (non-hydrogen) atoms. The molecule has 3 rings (SSSR count). The lowest BCUT2D eigenvalue weighted by Gasteiger charge is -2.23. The Balaban J connectivity index is 2.03. The molecule has 3 aromatic rings. The highest BCUT2D eigenvalue weighted by Crippen LogP contribution is 2.34. The van der Waals surface area contributed by atoms with Crippen LogP contribution in [0, 0.1) is 13.8 Å². The van der Waals surface area contributed by atoms with E-state index in [-0.39, 0.29) is 16.3 Å². The molecule has 0 spiro atoms. The average molecular weight is 417 g/mol. The molecule has 0 saturated heterocycles. The fourth-order valence-electron chi connectivity index (χ4n) is 2.65. The first-order valence-electron chi connectivity index (χ1n) is 8.44. The zero-order valence-corrected chi connectivity index (χ0v) is 17.0. The number of rotatable bonds is 6. The van der Waals surface area contributed by atoms with E-state index in [9.17, 15) is 17.2 Å². The predicted molar refractivity (Wildman–Crippen MR) is 113 cm³/mol. The van der Waals surface area contributed by atoms with Crippen molar-refractivity contribution in [2.45, 2.75) is 18.7 Å². The minimum Gasteiger partial charge on any atom is -0.289 e. The third kappa shape index (κ3) is 4.41. The molecular weight excluding hydrogens is 396 g/mol. The standard InChI is InChI=1S/C20H20N2O4S2/c1-15-7-11-17(12-8-15)22(27(23)24)20-6-4-3-5-19(20)21-28(25,26)18-13-9-16(2)10-14-18/h3-14,21H,1-2H3,(H,23,24). The van der Waals surface area contributed by atoms with Crippen molar-refractivity contribution >= 4 is 38.4 Å². The summed E-state index contributed by atoms with van der Waals surface area (Å²) in [6, 6.07) is 20.0. The van der Waals surface area contributed by atoms with Gasteiger partial charge in [-0.3, -0.25) is 9.27 Å². The molecule has 3 aromatic carbocycles. The summed E-state index contributed by atoms with van der Waals surface area (Å²) in [5.74, 6) is 0. The Morgan fingerprint density at radius 1 is 0.857 bits per heavy atom. The summed E-state index contributed by atoms with van der Waals surface area (Å²) in [5, 5.41) is 0. The molecule has 0 bridgehead atoms. The summed E-state index contributed by atoms with van der Waals surface area (Å²) in [7, 11) is -3.86. The number of nitrogens with one attached hydrogen (secondary N) is 1. The van der Waals surface area contributed by atoms with E-state index in [4.69, 9.17) is 0 Å². The van der Waals surface area contributed by atoms with Crippen molar-refractivity contribution < 1.29 is 17.2 Å². The van der Waals surface area contributed by atoms with Crippen molar-refractivity contribution in [2.24, 2.45) is 0 Å². The highest BCUT2D eigenvalue weighted by Gasteiger charge is 2.22. The number of sulfonamides is 1. The van der Waals surface area contributed by atoms with Crippen LogP contribution in [0.5, 0.6) is 0 Å². The largest absolute Gasteiger partial charge is 0.289 e. The predicted octanol–water partition coefficient (Wildman–Crippen LogP) is 4.38. The Kier molecular flexibility index (Phi) is 5.83. The van der Waals surface area contributed by atoms with Gasteiger partial charge in [0.15, 0.2) is 0 Å².